The molecule has 11 nitrogen and oxygen atoms in total. The van der Waals surface area contributed by atoms with E-state index in [1.54, 1.807) is 35.6 Å². The number of primary amides is 1. The number of anilines is 1. The number of imide groups is 1. The van der Waals surface area contributed by atoms with Gasteiger partial charge in [0, 0.05) is 17.5 Å². The minimum atomic E-state index is -0.986. The van der Waals surface area contributed by atoms with Crippen LogP contribution in [0.15, 0.2) is 59.0 Å². The van der Waals surface area contributed by atoms with Crippen LogP contribution in [0.4, 0.5) is 5.69 Å². The number of nitrogens with zero attached hydrogens (tertiary/aromatic N) is 1. The highest BCUT2D eigenvalue weighted by molar-refractivity contribution is 6.06. The quantitative estimate of drug-likeness (QED) is 0.278. The third kappa shape index (κ3) is 6.13. The number of ether oxygens (including phenoxy) is 1. The Balaban J connectivity index is 0.000000695. The maximum absolute atomic E-state index is 12.4. The van der Waals surface area contributed by atoms with Crippen LogP contribution in [0.1, 0.15) is 36.7 Å². The standard InChI is InChI=1S/C24H25N3O5.C2H3NO2/c1-2-24(23(25)30)12-11-21(28)27(24)17-7-9-18(10-8-17)31-14-13-26-22(29)20-15-16-5-3-4-6-19(16)32-20;4-1-3-2-5/h3-10,15H,2,11-14H2,1H3,(H2,25,30)(H,26,29);1-2H,(H,3,4,5). The maximum atomic E-state index is 12.4. The predicted molar refractivity (Wildman–Crippen MR) is 135 cm³/mol. The van der Waals surface area contributed by atoms with Crippen LogP contribution < -0.4 is 26.0 Å². The van der Waals surface area contributed by atoms with Gasteiger partial charge in [0.1, 0.15) is 23.5 Å². The molecule has 1 saturated heterocycles. The molecule has 194 valence electrons. The van der Waals surface area contributed by atoms with Gasteiger partial charge in [0.05, 0.1) is 6.54 Å². The Bertz CT molecular complexity index is 1230. The Morgan fingerprint density at radius 3 is 2.43 bits per heavy atom. The van der Waals surface area contributed by atoms with Gasteiger partial charge in [-0.05, 0) is 49.2 Å². The number of nitrogens with two attached hydrogens (primary N) is 1. The molecule has 37 heavy (non-hydrogen) atoms. The fourth-order valence-corrected chi connectivity index (χ4v) is 4.14. The normalized spacial score (nSPS) is 16.5. The Kier molecular flexibility index (Phi) is 8.98. The fraction of sp³-hybridized carbons (Fsp3) is 0.269. The largest absolute Gasteiger partial charge is 0.492 e. The lowest BCUT2D eigenvalue weighted by Crippen LogP contribution is -2.55. The number of carbonyl (C=O) groups excluding carboxylic acids is 5. The second-order valence-corrected chi connectivity index (χ2v) is 8.13. The first-order valence-electron chi connectivity index (χ1n) is 11.6. The van der Waals surface area contributed by atoms with Crippen molar-refractivity contribution in [2.24, 2.45) is 5.73 Å². The lowest BCUT2D eigenvalue weighted by molar-refractivity contribution is -0.125. The molecule has 2 aromatic carbocycles. The molecule has 0 aliphatic carbocycles. The average Bonchev–Trinajstić information content (AvgIpc) is 3.49. The van der Waals surface area contributed by atoms with Crippen LogP contribution in [-0.4, -0.2) is 49.2 Å². The van der Waals surface area contributed by atoms with Crippen molar-refractivity contribution in [3.8, 4) is 5.75 Å². The SMILES string of the molecule is CCC1(C(N)=O)CCC(=O)N1c1ccc(OCCNC(=O)c2cc3ccccc3o2)cc1.O=CNC=O. The summed E-state index contributed by atoms with van der Waals surface area (Å²) in [6.45, 7) is 2.41. The summed E-state index contributed by atoms with van der Waals surface area (Å²) in [7, 11) is 0. The average molecular weight is 509 g/mol. The van der Waals surface area contributed by atoms with E-state index in [0.717, 1.165) is 5.39 Å². The highest BCUT2D eigenvalue weighted by Crippen LogP contribution is 2.38. The summed E-state index contributed by atoms with van der Waals surface area (Å²) in [6.07, 6.45) is 1.79. The van der Waals surface area contributed by atoms with Crippen LogP contribution in [0, 0.1) is 0 Å². The first-order chi connectivity index (χ1) is 17.9. The summed E-state index contributed by atoms with van der Waals surface area (Å²) in [5, 5.41) is 5.38. The van der Waals surface area contributed by atoms with Gasteiger partial charge in [-0.25, -0.2) is 0 Å². The maximum Gasteiger partial charge on any atom is 0.287 e. The number of fused-ring (bicyclic) bond motifs is 1. The molecule has 5 amide bonds. The van der Waals surface area contributed by atoms with Crippen molar-refractivity contribution < 1.29 is 33.1 Å². The van der Waals surface area contributed by atoms with Gasteiger partial charge < -0.3 is 25.5 Å². The second kappa shape index (κ2) is 12.3. The zero-order chi connectivity index (χ0) is 26.8. The number of furan rings is 1. The van der Waals surface area contributed by atoms with Crippen molar-refractivity contribution >= 4 is 47.2 Å². The molecule has 1 aliphatic rings. The van der Waals surface area contributed by atoms with Crippen LogP contribution in [-0.2, 0) is 19.2 Å². The molecular weight excluding hydrogens is 480 g/mol. The molecule has 4 N–H and O–H groups in total. The summed E-state index contributed by atoms with van der Waals surface area (Å²) in [5.74, 6) is -0.0895. The van der Waals surface area contributed by atoms with E-state index in [2.05, 4.69) is 5.32 Å². The Labute approximate surface area is 212 Å². The molecule has 3 aromatic rings. The highest BCUT2D eigenvalue weighted by Gasteiger charge is 2.49. The number of hydrogen-bond donors (Lipinski definition) is 3. The van der Waals surface area contributed by atoms with Gasteiger partial charge in [-0.2, -0.15) is 0 Å². The van der Waals surface area contributed by atoms with Gasteiger partial charge in [0.2, 0.25) is 24.6 Å². The molecule has 11 heteroatoms. The molecule has 0 spiro atoms. The Hall–Kier alpha value is -4.67. The van der Waals surface area contributed by atoms with Crippen LogP contribution in [0.2, 0.25) is 0 Å². The Morgan fingerprint density at radius 1 is 1.14 bits per heavy atom. The molecule has 1 aromatic heterocycles. The lowest BCUT2D eigenvalue weighted by atomic mass is 9.91. The van der Waals surface area contributed by atoms with E-state index in [1.165, 1.54) is 4.90 Å². The van der Waals surface area contributed by atoms with E-state index < -0.39 is 11.4 Å². The number of nitrogens with one attached hydrogen (secondary N) is 2. The number of hydrogen-bond acceptors (Lipinski definition) is 7. The summed E-state index contributed by atoms with van der Waals surface area (Å²) >= 11 is 0. The molecule has 0 bridgehead atoms. The minimum Gasteiger partial charge on any atom is -0.492 e. The number of para-hydroxylation sites is 1. The highest BCUT2D eigenvalue weighted by atomic mass is 16.5. The van der Waals surface area contributed by atoms with Gasteiger partial charge in [0.15, 0.2) is 5.76 Å². The van der Waals surface area contributed by atoms with Gasteiger partial charge in [-0.3, -0.25) is 28.9 Å². The number of rotatable bonds is 10. The van der Waals surface area contributed by atoms with E-state index in [9.17, 15) is 14.4 Å². The van der Waals surface area contributed by atoms with Crippen LogP contribution >= 0.6 is 0 Å². The number of benzene rings is 2. The fourth-order valence-electron chi connectivity index (χ4n) is 4.14. The first kappa shape index (κ1) is 26.9. The lowest BCUT2D eigenvalue weighted by Gasteiger charge is -2.35. The molecule has 1 aliphatic heterocycles. The van der Waals surface area contributed by atoms with E-state index in [0.29, 0.717) is 55.6 Å². The third-order valence-electron chi connectivity index (χ3n) is 6.01. The molecule has 4 rings (SSSR count). The van der Waals surface area contributed by atoms with Crippen LogP contribution in [0.25, 0.3) is 11.0 Å². The minimum absolute atomic E-state index is 0.118. The third-order valence-corrected chi connectivity index (χ3v) is 6.01. The van der Waals surface area contributed by atoms with E-state index >= 15 is 0 Å². The summed E-state index contributed by atoms with van der Waals surface area (Å²) in [6, 6.07) is 16.0. The molecule has 1 atom stereocenters. The summed E-state index contributed by atoms with van der Waals surface area (Å²) in [4.78, 5) is 56.4. The molecule has 0 saturated carbocycles. The zero-order valence-corrected chi connectivity index (χ0v) is 20.3. The van der Waals surface area contributed by atoms with Gasteiger partial charge >= 0.3 is 0 Å². The van der Waals surface area contributed by atoms with Crippen molar-refractivity contribution in [1.82, 2.24) is 10.6 Å². The van der Waals surface area contributed by atoms with Gasteiger partial charge in [0.25, 0.3) is 5.91 Å². The van der Waals surface area contributed by atoms with Crippen molar-refractivity contribution in [2.45, 2.75) is 31.7 Å². The molecule has 1 unspecified atom stereocenters. The summed E-state index contributed by atoms with van der Waals surface area (Å²) in [5.41, 5.74) is 5.92. The number of carbonyl (C=O) groups is 5. The predicted octanol–water partition coefficient (Wildman–Crippen LogP) is 1.89. The van der Waals surface area contributed by atoms with Gasteiger partial charge in [-0.1, -0.05) is 25.1 Å². The first-order valence-corrected chi connectivity index (χ1v) is 11.6. The van der Waals surface area contributed by atoms with Crippen LogP contribution in [0.5, 0.6) is 5.75 Å². The van der Waals surface area contributed by atoms with E-state index in [-0.39, 0.29) is 24.2 Å². The van der Waals surface area contributed by atoms with E-state index in [1.807, 2.05) is 31.2 Å². The molecule has 1 fully saturated rings. The molecule has 2 heterocycles. The molecular formula is C26H28N4O7. The molecule has 0 radical (unpaired) electrons. The van der Waals surface area contributed by atoms with Crippen molar-refractivity contribution in [3.05, 3.63) is 60.4 Å². The van der Waals surface area contributed by atoms with Crippen molar-refractivity contribution in [2.75, 3.05) is 18.1 Å². The number of amides is 5. The Morgan fingerprint density at radius 2 is 1.84 bits per heavy atom. The smallest absolute Gasteiger partial charge is 0.287 e. The second-order valence-electron chi connectivity index (χ2n) is 8.13. The van der Waals surface area contributed by atoms with E-state index in [4.69, 9.17) is 24.5 Å². The van der Waals surface area contributed by atoms with Gasteiger partial charge in [-0.15, -0.1) is 0 Å². The monoisotopic (exact) mass is 508 g/mol. The summed E-state index contributed by atoms with van der Waals surface area (Å²) < 4.78 is 11.2. The topological polar surface area (TPSA) is 161 Å². The van der Waals surface area contributed by atoms with Crippen molar-refractivity contribution in [1.29, 1.82) is 0 Å². The zero-order valence-electron chi connectivity index (χ0n) is 20.3. The van der Waals surface area contributed by atoms with Crippen molar-refractivity contribution in [3.63, 3.8) is 0 Å². The van der Waals surface area contributed by atoms with Crippen LogP contribution in [0.3, 0.4) is 0 Å².